The van der Waals surface area contributed by atoms with Crippen molar-refractivity contribution in [1.82, 2.24) is 5.01 Å². The smallest absolute Gasteiger partial charge is 0.214 e. The number of hydrogen-bond donors (Lipinski definition) is 0. The van der Waals surface area contributed by atoms with Gasteiger partial charge in [0.15, 0.2) is 11.5 Å². The lowest BCUT2D eigenvalue weighted by Crippen LogP contribution is -2.33. The highest BCUT2D eigenvalue weighted by Gasteiger charge is 2.41. The van der Waals surface area contributed by atoms with Crippen LogP contribution in [0.1, 0.15) is 35.4 Å². The molecule has 0 saturated carbocycles. The van der Waals surface area contributed by atoms with Gasteiger partial charge in [-0.05, 0) is 54.1 Å². The minimum absolute atomic E-state index is 0.0602. The van der Waals surface area contributed by atoms with E-state index in [-0.39, 0.29) is 12.3 Å². The molecule has 3 aromatic carbocycles. The Kier molecular flexibility index (Phi) is 5.28. The first-order chi connectivity index (χ1) is 15.1. The molecule has 0 fully saturated rings. The highest BCUT2D eigenvalue weighted by molar-refractivity contribution is 9.10. The van der Waals surface area contributed by atoms with E-state index in [9.17, 15) is 0 Å². The van der Waals surface area contributed by atoms with E-state index >= 15 is 0 Å². The summed E-state index contributed by atoms with van der Waals surface area (Å²) in [6, 6.07) is 19.8. The minimum atomic E-state index is -0.386. The molecule has 2 atom stereocenters. The Morgan fingerprint density at radius 2 is 1.77 bits per heavy atom. The van der Waals surface area contributed by atoms with Crippen LogP contribution in [0.2, 0.25) is 5.02 Å². The molecule has 31 heavy (non-hydrogen) atoms. The molecule has 5 nitrogen and oxygen atoms in total. The normalized spacial score (nSPS) is 19.2. The molecule has 0 spiro atoms. The molecular formula is C24H20BrClN2O3. The van der Waals surface area contributed by atoms with Crippen molar-refractivity contribution < 1.29 is 14.2 Å². The summed E-state index contributed by atoms with van der Waals surface area (Å²) in [5, 5.41) is 7.74. The SMILES string of the molecule is COc1ccc(C2Oc3ccc(Br)cc3C3CC(c4ccc(Cl)cc4)=NN32)cc1OC. The van der Waals surface area contributed by atoms with Gasteiger partial charge >= 0.3 is 0 Å². The second-order valence-electron chi connectivity index (χ2n) is 7.42. The van der Waals surface area contributed by atoms with Crippen LogP contribution < -0.4 is 14.2 Å². The van der Waals surface area contributed by atoms with Crippen LogP contribution in [-0.4, -0.2) is 24.9 Å². The van der Waals surface area contributed by atoms with Gasteiger partial charge in [-0.2, -0.15) is 5.10 Å². The summed E-state index contributed by atoms with van der Waals surface area (Å²) in [7, 11) is 3.26. The number of benzene rings is 3. The summed E-state index contributed by atoms with van der Waals surface area (Å²) in [6.07, 6.45) is 0.390. The van der Waals surface area contributed by atoms with E-state index in [2.05, 4.69) is 22.0 Å². The van der Waals surface area contributed by atoms with Crippen molar-refractivity contribution in [3.8, 4) is 17.2 Å². The summed E-state index contributed by atoms with van der Waals surface area (Å²) in [5.74, 6) is 2.19. The topological polar surface area (TPSA) is 43.3 Å². The number of methoxy groups -OCH3 is 2. The number of rotatable bonds is 4. The van der Waals surface area contributed by atoms with Crippen molar-refractivity contribution in [1.29, 1.82) is 0 Å². The predicted molar refractivity (Wildman–Crippen MR) is 124 cm³/mol. The lowest BCUT2D eigenvalue weighted by Gasteiger charge is -2.38. The zero-order chi connectivity index (χ0) is 21.5. The molecule has 158 valence electrons. The van der Waals surface area contributed by atoms with E-state index in [4.69, 9.17) is 30.9 Å². The number of hydrogen-bond acceptors (Lipinski definition) is 5. The maximum absolute atomic E-state index is 6.44. The van der Waals surface area contributed by atoms with Crippen LogP contribution >= 0.6 is 27.5 Å². The number of ether oxygens (including phenoxy) is 3. The Morgan fingerprint density at radius 1 is 1.00 bits per heavy atom. The Balaban J connectivity index is 1.60. The van der Waals surface area contributed by atoms with Crippen molar-refractivity contribution in [2.75, 3.05) is 14.2 Å². The van der Waals surface area contributed by atoms with E-state index in [0.717, 1.165) is 39.0 Å². The van der Waals surface area contributed by atoms with Crippen LogP contribution in [0.5, 0.6) is 17.2 Å². The van der Waals surface area contributed by atoms with Crippen LogP contribution in [-0.2, 0) is 0 Å². The van der Waals surface area contributed by atoms with Crippen LogP contribution in [0, 0.1) is 0 Å². The maximum Gasteiger partial charge on any atom is 0.214 e. The summed E-state index contributed by atoms with van der Waals surface area (Å²) in [5.41, 5.74) is 4.11. The number of hydrazone groups is 1. The zero-order valence-electron chi connectivity index (χ0n) is 17.0. The monoisotopic (exact) mass is 498 g/mol. The lowest BCUT2D eigenvalue weighted by atomic mass is 9.96. The van der Waals surface area contributed by atoms with E-state index in [1.165, 1.54) is 0 Å². The quantitative estimate of drug-likeness (QED) is 0.419. The third kappa shape index (κ3) is 3.64. The molecule has 0 aliphatic carbocycles. The molecule has 2 aliphatic rings. The van der Waals surface area contributed by atoms with E-state index < -0.39 is 0 Å². The lowest BCUT2D eigenvalue weighted by molar-refractivity contribution is -0.0192. The molecule has 5 rings (SSSR count). The Morgan fingerprint density at radius 3 is 2.52 bits per heavy atom. The van der Waals surface area contributed by atoms with Gasteiger partial charge in [-0.25, -0.2) is 5.01 Å². The number of halogens is 2. The van der Waals surface area contributed by atoms with Crippen molar-refractivity contribution in [3.63, 3.8) is 0 Å². The maximum atomic E-state index is 6.44. The molecule has 3 aromatic rings. The molecule has 0 N–H and O–H groups in total. The molecule has 0 bridgehead atoms. The third-order valence-electron chi connectivity index (χ3n) is 5.62. The zero-order valence-corrected chi connectivity index (χ0v) is 19.4. The van der Waals surface area contributed by atoms with E-state index in [1.807, 2.05) is 59.6 Å². The summed E-state index contributed by atoms with van der Waals surface area (Å²) >= 11 is 9.68. The van der Waals surface area contributed by atoms with Gasteiger partial charge in [0, 0.05) is 27.0 Å². The van der Waals surface area contributed by atoms with Gasteiger partial charge in [-0.15, -0.1) is 0 Å². The average molecular weight is 500 g/mol. The summed E-state index contributed by atoms with van der Waals surface area (Å²) < 4.78 is 18.4. The highest BCUT2D eigenvalue weighted by Crippen LogP contribution is 2.49. The number of fused-ring (bicyclic) bond motifs is 3. The summed E-state index contributed by atoms with van der Waals surface area (Å²) in [4.78, 5) is 0. The molecule has 2 aliphatic heterocycles. The van der Waals surface area contributed by atoms with Gasteiger partial charge in [0.25, 0.3) is 0 Å². The average Bonchev–Trinajstić information content (AvgIpc) is 3.24. The van der Waals surface area contributed by atoms with Crippen molar-refractivity contribution in [2.45, 2.75) is 18.7 Å². The summed E-state index contributed by atoms with van der Waals surface area (Å²) in [6.45, 7) is 0. The molecule has 2 unspecified atom stereocenters. The van der Waals surface area contributed by atoms with Crippen LogP contribution in [0.4, 0.5) is 0 Å². The van der Waals surface area contributed by atoms with Gasteiger partial charge in [-0.3, -0.25) is 0 Å². The predicted octanol–water partition coefficient (Wildman–Crippen LogP) is 6.36. The molecule has 0 saturated heterocycles. The Bertz CT molecular complexity index is 1170. The van der Waals surface area contributed by atoms with Gasteiger partial charge in [0.05, 0.1) is 26.0 Å². The molecule has 0 amide bonds. The minimum Gasteiger partial charge on any atom is -0.493 e. The van der Waals surface area contributed by atoms with Crippen LogP contribution in [0.25, 0.3) is 0 Å². The fraction of sp³-hybridized carbons (Fsp3) is 0.208. The van der Waals surface area contributed by atoms with Gasteiger partial charge in [-0.1, -0.05) is 39.7 Å². The Hall–Kier alpha value is -2.70. The van der Waals surface area contributed by atoms with Crippen molar-refractivity contribution >= 4 is 33.2 Å². The molecule has 7 heteroatoms. The van der Waals surface area contributed by atoms with Crippen LogP contribution in [0.15, 0.2) is 70.2 Å². The second kappa shape index (κ2) is 8.09. The van der Waals surface area contributed by atoms with E-state index in [0.29, 0.717) is 16.5 Å². The first-order valence-corrected chi connectivity index (χ1v) is 11.0. The first kappa shape index (κ1) is 20.2. The van der Waals surface area contributed by atoms with Crippen molar-refractivity contribution in [3.05, 3.63) is 86.8 Å². The molecule has 0 aromatic heterocycles. The molecule has 2 heterocycles. The van der Waals surface area contributed by atoms with Crippen molar-refractivity contribution in [2.24, 2.45) is 5.10 Å². The second-order valence-corrected chi connectivity index (χ2v) is 8.77. The van der Waals surface area contributed by atoms with Gasteiger partial charge < -0.3 is 14.2 Å². The van der Waals surface area contributed by atoms with Gasteiger partial charge in [0.2, 0.25) is 6.23 Å². The molecular weight excluding hydrogens is 480 g/mol. The van der Waals surface area contributed by atoms with Gasteiger partial charge in [0.1, 0.15) is 5.75 Å². The van der Waals surface area contributed by atoms with Crippen LogP contribution in [0.3, 0.4) is 0 Å². The largest absolute Gasteiger partial charge is 0.493 e. The number of nitrogens with zero attached hydrogens (tertiary/aromatic N) is 2. The highest BCUT2D eigenvalue weighted by atomic mass is 79.9. The first-order valence-electron chi connectivity index (χ1n) is 9.87. The fourth-order valence-electron chi connectivity index (χ4n) is 4.10. The standard InChI is InChI=1S/C24H20BrClN2O3/c1-29-22-9-5-15(11-23(22)30-2)24-28-20(18-12-16(25)6-10-21(18)31-24)13-19(27-28)14-3-7-17(26)8-4-14/h3-12,20,24H,13H2,1-2H3. The van der Waals surface area contributed by atoms with E-state index in [1.54, 1.807) is 14.2 Å². The fourth-order valence-corrected chi connectivity index (χ4v) is 4.61. The molecule has 0 radical (unpaired) electrons. The third-order valence-corrected chi connectivity index (χ3v) is 6.37. The Labute approximate surface area is 194 Å².